The van der Waals surface area contributed by atoms with Gasteiger partial charge in [0.05, 0.1) is 12.3 Å². The molecule has 1 aromatic carbocycles. The Labute approximate surface area is 101 Å². The quantitative estimate of drug-likeness (QED) is 0.457. The van der Waals surface area contributed by atoms with E-state index in [0.29, 0.717) is 25.3 Å². The first-order valence-corrected chi connectivity index (χ1v) is 5.48. The van der Waals surface area contributed by atoms with Gasteiger partial charge >= 0.3 is 0 Å². The highest BCUT2D eigenvalue weighted by molar-refractivity contribution is 5.95. The molecule has 0 aliphatic rings. The SMILES string of the molecule is CCOCCN(C)C(=O)c1ccc(N)c(O)c1. The molecule has 1 aromatic rings. The van der Waals surface area contributed by atoms with Crippen LogP contribution in [0.3, 0.4) is 0 Å². The maximum atomic E-state index is 11.9. The lowest BCUT2D eigenvalue weighted by atomic mass is 10.1. The first-order chi connectivity index (χ1) is 8.06. The van der Waals surface area contributed by atoms with Gasteiger partial charge in [0.25, 0.3) is 5.91 Å². The molecule has 3 N–H and O–H groups in total. The van der Waals surface area contributed by atoms with Gasteiger partial charge in [0.15, 0.2) is 0 Å². The molecule has 0 radical (unpaired) electrons. The van der Waals surface area contributed by atoms with Crippen molar-refractivity contribution in [3.63, 3.8) is 0 Å². The van der Waals surface area contributed by atoms with Gasteiger partial charge in [-0.1, -0.05) is 0 Å². The van der Waals surface area contributed by atoms with Gasteiger partial charge in [0.1, 0.15) is 5.75 Å². The van der Waals surface area contributed by atoms with Crippen LogP contribution in [0.25, 0.3) is 0 Å². The number of nitrogen functional groups attached to an aromatic ring is 1. The third-order valence-electron chi connectivity index (χ3n) is 2.40. The number of rotatable bonds is 5. The molecule has 0 aliphatic carbocycles. The number of hydrogen-bond acceptors (Lipinski definition) is 4. The van der Waals surface area contributed by atoms with Gasteiger partial charge in [-0.2, -0.15) is 0 Å². The fourth-order valence-electron chi connectivity index (χ4n) is 1.34. The lowest BCUT2D eigenvalue weighted by molar-refractivity contribution is 0.0709. The van der Waals surface area contributed by atoms with Crippen LogP contribution in [0, 0.1) is 0 Å². The van der Waals surface area contributed by atoms with E-state index >= 15 is 0 Å². The van der Waals surface area contributed by atoms with Gasteiger partial charge in [-0.05, 0) is 25.1 Å². The average molecular weight is 238 g/mol. The summed E-state index contributed by atoms with van der Waals surface area (Å²) >= 11 is 0. The summed E-state index contributed by atoms with van der Waals surface area (Å²) < 4.78 is 5.17. The van der Waals surface area contributed by atoms with Crippen LogP contribution in [-0.2, 0) is 4.74 Å². The summed E-state index contributed by atoms with van der Waals surface area (Å²) in [4.78, 5) is 13.5. The number of ether oxygens (including phenoxy) is 1. The standard InChI is InChI=1S/C12H18N2O3/c1-3-17-7-6-14(2)12(16)9-4-5-10(13)11(15)8-9/h4-5,8,15H,3,6-7,13H2,1-2H3. The number of phenols is 1. The van der Waals surface area contributed by atoms with E-state index in [4.69, 9.17) is 10.5 Å². The van der Waals surface area contributed by atoms with Crippen LogP contribution in [0.4, 0.5) is 5.69 Å². The van der Waals surface area contributed by atoms with Gasteiger partial charge in [-0.25, -0.2) is 0 Å². The van der Waals surface area contributed by atoms with Crippen LogP contribution in [-0.4, -0.2) is 42.7 Å². The summed E-state index contributed by atoms with van der Waals surface area (Å²) in [5, 5.41) is 9.42. The molecule has 0 heterocycles. The highest BCUT2D eigenvalue weighted by Gasteiger charge is 2.12. The molecular formula is C12H18N2O3. The third-order valence-corrected chi connectivity index (χ3v) is 2.40. The van der Waals surface area contributed by atoms with Crippen LogP contribution in [0.2, 0.25) is 0 Å². The van der Waals surface area contributed by atoms with Crippen molar-refractivity contribution in [2.75, 3.05) is 32.5 Å². The number of likely N-dealkylation sites (N-methyl/N-ethyl adjacent to an activating group) is 1. The maximum Gasteiger partial charge on any atom is 0.253 e. The lowest BCUT2D eigenvalue weighted by Crippen LogP contribution is -2.30. The molecule has 0 spiro atoms. The molecule has 0 unspecified atom stereocenters. The number of benzene rings is 1. The molecule has 0 saturated carbocycles. The third kappa shape index (κ3) is 3.64. The number of phenolic OH excluding ortho intramolecular Hbond substituents is 1. The highest BCUT2D eigenvalue weighted by atomic mass is 16.5. The van der Waals surface area contributed by atoms with Crippen molar-refractivity contribution in [2.45, 2.75) is 6.92 Å². The summed E-state index contributed by atoms with van der Waals surface area (Å²) in [6.45, 7) is 3.54. The predicted octanol–water partition coefficient (Wildman–Crippen LogP) is 1.08. The Balaban J connectivity index is 2.65. The highest BCUT2D eigenvalue weighted by Crippen LogP contribution is 2.21. The molecule has 17 heavy (non-hydrogen) atoms. The fraction of sp³-hybridized carbons (Fsp3) is 0.417. The van der Waals surface area contributed by atoms with E-state index in [1.807, 2.05) is 6.92 Å². The first-order valence-electron chi connectivity index (χ1n) is 5.48. The summed E-state index contributed by atoms with van der Waals surface area (Å²) in [5.41, 5.74) is 6.14. The van der Waals surface area contributed by atoms with Crippen LogP contribution < -0.4 is 5.73 Å². The van der Waals surface area contributed by atoms with E-state index in [1.54, 1.807) is 18.0 Å². The molecule has 1 amide bonds. The number of hydrogen-bond donors (Lipinski definition) is 2. The molecule has 0 bridgehead atoms. The smallest absolute Gasteiger partial charge is 0.253 e. The largest absolute Gasteiger partial charge is 0.506 e. The zero-order chi connectivity index (χ0) is 12.8. The molecule has 0 atom stereocenters. The van der Waals surface area contributed by atoms with Crippen LogP contribution in [0.1, 0.15) is 17.3 Å². The summed E-state index contributed by atoms with van der Waals surface area (Å²) in [5.74, 6) is -0.242. The van der Waals surface area contributed by atoms with E-state index in [2.05, 4.69) is 0 Å². The van der Waals surface area contributed by atoms with E-state index in [0.717, 1.165) is 0 Å². The van der Waals surface area contributed by atoms with E-state index in [1.165, 1.54) is 12.1 Å². The van der Waals surface area contributed by atoms with Gasteiger partial charge in [-0.3, -0.25) is 4.79 Å². The first kappa shape index (κ1) is 13.3. The molecule has 0 aromatic heterocycles. The molecule has 94 valence electrons. The summed E-state index contributed by atoms with van der Waals surface area (Å²) in [6, 6.07) is 4.47. The second-order valence-electron chi connectivity index (χ2n) is 3.70. The molecule has 5 heteroatoms. The van der Waals surface area contributed by atoms with Crippen LogP contribution >= 0.6 is 0 Å². The monoisotopic (exact) mass is 238 g/mol. The average Bonchev–Trinajstić information content (AvgIpc) is 2.32. The molecule has 0 saturated heterocycles. The maximum absolute atomic E-state index is 11.9. The predicted molar refractivity (Wildman–Crippen MR) is 66.0 cm³/mol. The van der Waals surface area contributed by atoms with Crippen molar-refractivity contribution < 1.29 is 14.6 Å². The molecule has 1 rings (SSSR count). The minimum atomic E-state index is -0.167. The minimum Gasteiger partial charge on any atom is -0.506 e. The van der Waals surface area contributed by atoms with Crippen molar-refractivity contribution in [2.24, 2.45) is 0 Å². The van der Waals surface area contributed by atoms with Crippen LogP contribution in [0.5, 0.6) is 5.75 Å². The molecule has 0 aliphatic heterocycles. The Morgan fingerprint density at radius 3 is 2.82 bits per heavy atom. The Kier molecular flexibility index (Phi) is 4.78. The fourth-order valence-corrected chi connectivity index (χ4v) is 1.34. The Morgan fingerprint density at radius 2 is 2.24 bits per heavy atom. The number of nitrogens with two attached hydrogens (primary N) is 1. The number of amides is 1. The van der Waals surface area contributed by atoms with Gasteiger partial charge in [-0.15, -0.1) is 0 Å². The second kappa shape index (κ2) is 6.10. The summed E-state index contributed by atoms with van der Waals surface area (Å²) in [6.07, 6.45) is 0. The van der Waals surface area contributed by atoms with E-state index in [-0.39, 0.29) is 17.3 Å². The van der Waals surface area contributed by atoms with Crippen molar-refractivity contribution >= 4 is 11.6 Å². The number of carbonyl (C=O) groups excluding carboxylic acids is 1. The molecule has 5 nitrogen and oxygen atoms in total. The zero-order valence-corrected chi connectivity index (χ0v) is 10.1. The van der Waals surface area contributed by atoms with Gasteiger partial charge in [0, 0.05) is 25.8 Å². The zero-order valence-electron chi connectivity index (χ0n) is 10.1. The van der Waals surface area contributed by atoms with Crippen molar-refractivity contribution in [3.05, 3.63) is 23.8 Å². The normalized spacial score (nSPS) is 10.2. The topological polar surface area (TPSA) is 75.8 Å². The molecular weight excluding hydrogens is 220 g/mol. The number of anilines is 1. The van der Waals surface area contributed by atoms with Gasteiger partial charge < -0.3 is 20.5 Å². The number of aromatic hydroxyl groups is 1. The van der Waals surface area contributed by atoms with Crippen molar-refractivity contribution in [1.29, 1.82) is 0 Å². The van der Waals surface area contributed by atoms with E-state index in [9.17, 15) is 9.90 Å². The Hall–Kier alpha value is -1.75. The minimum absolute atomic E-state index is 0.0749. The Bertz CT molecular complexity index is 393. The van der Waals surface area contributed by atoms with Crippen molar-refractivity contribution in [3.8, 4) is 5.75 Å². The van der Waals surface area contributed by atoms with Crippen LogP contribution in [0.15, 0.2) is 18.2 Å². The van der Waals surface area contributed by atoms with Crippen molar-refractivity contribution in [1.82, 2.24) is 4.90 Å². The lowest BCUT2D eigenvalue weighted by Gasteiger charge is -2.17. The van der Waals surface area contributed by atoms with E-state index < -0.39 is 0 Å². The van der Waals surface area contributed by atoms with Gasteiger partial charge in [0.2, 0.25) is 0 Å². The Morgan fingerprint density at radius 1 is 1.53 bits per heavy atom. The number of nitrogens with zero attached hydrogens (tertiary/aromatic N) is 1. The second-order valence-corrected chi connectivity index (χ2v) is 3.70. The number of carbonyl (C=O) groups is 1. The summed E-state index contributed by atoms with van der Waals surface area (Å²) in [7, 11) is 1.69. The molecule has 0 fully saturated rings.